The van der Waals surface area contributed by atoms with E-state index >= 15 is 0 Å². The second-order valence-electron chi connectivity index (χ2n) is 4.37. The minimum atomic E-state index is 0.886. The van der Waals surface area contributed by atoms with Crippen LogP contribution in [0.1, 0.15) is 5.56 Å². The average molecular weight is 247 g/mol. The molecular formula is C16H13N3. The first-order valence-electron chi connectivity index (χ1n) is 6.13. The van der Waals surface area contributed by atoms with Gasteiger partial charge in [0.25, 0.3) is 0 Å². The van der Waals surface area contributed by atoms with E-state index in [1.165, 1.54) is 0 Å². The van der Waals surface area contributed by atoms with E-state index in [0.717, 1.165) is 28.2 Å². The van der Waals surface area contributed by atoms with Gasteiger partial charge in [0.15, 0.2) is 0 Å². The maximum atomic E-state index is 4.67. The van der Waals surface area contributed by atoms with Crippen molar-refractivity contribution in [1.29, 1.82) is 0 Å². The largest absolute Gasteiger partial charge is 0.264 e. The number of nitrogens with zero attached hydrogens (tertiary/aromatic N) is 3. The lowest BCUT2D eigenvalue weighted by atomic mass is 10.1. The summed E-state index contributed by atoms with van der Waals surface area (Å²) < 4.78 is 0. The molecule has 0 amide bonds. The van der Waals surface area contributed by atoms with Crippen LogP contribution >= 0.6 is 0 Å². The molecule has 0 aliphatic heterocycles. The second kappa shape index (κ2) is 4.98. The van der Waals surface area contributed by atoms with Crippen LogP contribution in [0, 0.1) is 6.92 Å². The Kier molecular flexibility index (Phi) is 3.02. The standard InChI is InChI=1S/C16H13N3/c1-12-9-15(13-5-4-7-17-11-13)19-16(10-12)14-6-2-3-8-18-14/h2-11H,1H3. The highest BCUT2D eigenvalue weighted by Crippen LogP contribution is 2.22. The zero-order chi connectivity index (χ0) is 13.1. The number of hydrogen-bond donors (Lipinski definition) is 0. The quantitative estimate of drug-likeness (QED) is 0.695. The van der Waals surface area contributed by atoms with Crippen molar-refractivity contribution in [3.05, 3.63) is 66.6 Å². The minimum absolute atomic E-state index is 0.886. The van der Waals surface area contributed by atoms with Crippen molar-refractivity contribution in [1.82, 2.24) is 15.0 Å². The van der Waals surface area contributed by atoms with E-state index in [1.54, 1.807) is 12.4 Å². The normalized spacial score (nSPS) is 10.4. The number of pyridine rings is 3. The third-order valence-electron chi connectivity index (χ3n) is 2.85. The van der Waals surface area contributed by atoms with Crippen molar-refractivity contribution < 1.29 is 0 Å². The molecule has 92 valence electrons. The van der Waals surface area contributed by atoms with E-state index in [0.29, 0.717) is 0 Å². The molecule has 0 fully saturated rings. The summed E-state index contributed by atoms with van der Waals surface area (Å²) in [5, 5.41) is 0. The predicted molar refractivity (Wildman–Crippen MR) is 75.4 cm³/mol. The van der Waals surface area contributed by atoms with E-state index in [9.17, 15) is 0 Å². The first kappa shape index (κ1) is 11.5. The fraction of sp³-hybridized carbons (Fsp3) is 0.0625. The molecule has 0 spiro atoms. The molecule has 0 saturated carbocycles. The molecule has 0 bridgehead atoms. The van der Waals surface area contributed by atoms with Crippen LogP contribution in [0.25, 0.3) is 22.6 Å². The molecule has 0 aliphatic rings. The van der Waals surface area contributed by atoms with Crippen molar-refractivity contribution in [2.75, 3.05) is 0 Å². The molecule has 0 aliphatic carbocycles. The molecular weight excluding hydrogens is 234 g/mol. The second-order valence-corrected chi connectivity index (χ2v) is 4.37. The van der Waals surface area contributed by atoms with Gasteiger partial charge in [0, 0.05) is 24.2 Å². The van der Waals surface area contributed by atoms with Gasteiger partial charge in [-0.05, 0) is 48.9 Å². The van der Waals surface area contributed by atoms with Crippen LogP contribution in [-0.4, -0.2) is 15.0 Å². The first-order chi connectivity index (χ1) is 9.33. The minimum Gasteiger partial charge on any atom is -0.264 e. The van der Waals surface area contributed by atoms with Crippen LogP contribution in [0.15, 0.2) is 61.1 Å². The Balaban J connectivity index is 2.12. The third kappa shape index (κ3) is 2.50. The van der Waals surface area contributed by atoms with Gasteiger partial charge in [-0.3, -0.25) is 9.97 Å². The monoisotopic (exact) mass is 247 g/mol. The maximum Gasteiger partial charge on any atom is 0.0896 e. The summed E-state index contributed by atoms with van der Waals surface area (Å²) in [5.74, 6) is 0. The van der Waals surface area contributed by atoms with Crippen molar-refractivity contribution >= 4 is 0 Å². The summed E-state index contributed by atoms with van der Waals surface area (Å²) >= 11 is 0. The van der Waals surface area contributed by atoms with Gasteiger partial charge in [-0.1, -0.05) is 6.07 Å². The molecule has 0 atom stereocenters. The molecule has 19 heavy (non-hydrogen) atoms. The summed E-state index contributed by atoms with van der Waals surface area (Å²) in [6.07, 6.45) is 5.37. The van der Waals surface area contributed by atoms with Crippen molar-refractivity contribution in [2.24, 2.45) is 0 Å². The van der Waals surface area contributed by atoms with Crippen LogP contribution in [-0.2, 0) is 0 Å². The van der Waals surface area contributed by atoms with Gasteiger partial charge in [0.1, 0.15) is 0 Å². The topological polar surface area (TPSA) is 38.7 Å². The van der Waals surface area contributed by atoms with Gasteiger partial charge in [-0.15, -0.1) is 0 Å². The highest BCUT2D eigenvalue weighted by atomic mass is 14.8. The molecule has 3 heterocycles. The molecule has 0 N–H and O–H groups in total. The Morgan fingerprint density at radius 1 is 0.842 bits per heavy atom. The van der Waals surface area contributed by atoms with Crippen LogP contribution < -0.4 is 0 Å². The average Bonchev–Trinajstić information content (AvgIpc) is 2.48. The van der Waals surface area contributed by atoms with Gasteiger partial charge < -0.3 is 0 Å². The Bertz CT molecular complexity index is 621. The van der Waals surface area contributed by atoms with Gasteiger partial charge in [-0.25, -0.2) is 4.98 Å². The van der Waals surface area contributed by atoms with E-state index in [4.69, 9.17) is 0 Å². The molecule has 0 saturated heterocycles. The molecule has 3 aromatic heterocycles. The summed E-state index contributed by atoms with van der Waals surface area (Å²) in [4.78, 5) is 13.2. The van der Waals surface area contributed by atoms with E-state index < -0.39 is 0 Å². The smallest absolute Gasteiger partial charge is 0.0896 e. The fourth-order valence-corrected chi connectivity index (χ4v) is 1.97. The number of aromatic nitrogens is 3. The zero-order valence-electron chi connectivity index (χ0n) is 10.6. The molecule has 3 aromatic rings. The summed E-state index contributed by atoms with van der Waals surface area (Å²) in [6, 6.07) is 13.9. The highest BCUT2D eigenvalue weighted by Gasteiger charge is 2.05. The Labute approximate surface area is 112 Å². The van der Waals surface area contributed by atoms with Gasteiger partial charge in [0.2, 0.25) is 0 Å². The van der Waals surface area contributed by atoms with Crippen LogP contribution in [0.2, 0.25) is 0 Å². The SMILES string of the molecule is Cc1cc(-c2cccnc2)nc(-c2ccccn2)c1. The van der Waals surface area contributed by atoms with Crippen LogP contribution in [0.4, 0.5) is 0 Å². The van der Waals surface area contributed by atoms with Gasteiger partial charge >= 0.3 is 0 Å². The summed E-state index contributed by atoms with van der Waals surface area (Å²) in [7, 11) is 0. The predicted octanol–water partition coefficient (Wildman–Crippen LogP) is 3.51. The third-order valence-corrected chi connectivity index (χ3v) is 2.85. The molecule has 0 unspecified atom stereocenters. The summed E-state index contributed by atoms with van der Waals surface area (Å²) in [5.41, 5.74) is 4.88. The molecule has 3 nitrogen and oxygen atoms in total. The number of aryl methyl sites for hydroxylation is 1. The van der Waals surface area contributed by atoms with E-state index in [1.807, 2.05) is 42.6 Å². The Morgan fingerprint density at radius 2 is 1.74 bits per heavy atom. The van der Waals surface area contributed by atoms with Gasteiger partial charge in [0.05, 0.1) is 17.1 Å². The lowest BCUT2D eigenvalue weighted by Gasteiger charge is -2.06. The van der Waals surface area contributed by atoms with Gasteiger partial charge in [-0.2, -0.15) is 0 Å². The van der Waals surface area contributed by atoms with E-state index in [2.05, 4.69) is 27.9 Å². The highest BCUT2D eigenvalue weighted by molar-refractivity contribution is 5.64. The van der Waals surface area contributed by atoms with Crippen molar-refractivity contribution in [2.45, 2.75) is 6.92 Å². The molecule has 3 rings (SSSR count). The zero-order valence-corrected chi connectivity index (χ0v) is 10.6. The molecule has 0 aromatic carbocycles. The number of rotatable bonds is 2. The number of hydrogen-bond acceptors (Lipinski definition) is 3. The summed E-state index contributed by atoms with van der Waals surface area (Å²) in [6.45, 7) is 2.06. The van der Waals surface area contributed by atoms with Crippen LogP contribution in [0.5, 0.6) is 0 Å². The van der Waals surface area contributed by atoms with Crippen molar-refractivity contribution in [3.8, 4) is 22.6 Å². The first-order valence-corrected chi connectivity index (χ1v) is 6.13. The van der Waals surface area contributed by atoms with E-state index in [-0.39, 0.29) is 0 Å². The van der Waals surface area contributed by atoms with Crippen LogP contribution in [0.3, 0.4) is 0 Å². The maximum absolute atomic E-state index is 4.67. The van der Waals surface area contributed by atoms with Crippen molar-refractivity contribution in [3.63, 3.8) is 0 Å². The lowest BCUT2D eigenvalue weighted by molar-refractivity contribution is 1.22. The molecule has 3 heteroatoms. The Morgan fingerprint density at radius 3 is 2.47 bits per heavy atom. The molecule has 0 radical (unpaired) electrons. The Hall–Kier alpha value is -2.55. The fourth-order valence-electron chi connectivity index (χ4n) is 1.97. The lowest BCUT2D eigenvalue weighted by Crippen LogP contribution is -1.92.